The summed E-state index contributed by atoms with van der Waals surface area (Å²) >= 11 is 5.02. The summed E-state index contributed by atoms with van der Waals surface area (Å²) < 4.78 is 6.80. The van der Waals surface area contributed by atoms with Gasteiger partial charge in [0.1, 0.15) is 15.5 Å². The molecule has 0 amide bonds. The number of nitrogen functional groups attached to an aromatic ring is 1. The van der Waals surface area contributed by atoms with Gasteiger partial charge in [-0.1, -0.05) is 13.3 Å². The van der Waals surface area contributed by atoms with E-state index in [2.05, 4.69) is 16.9 Å². The number of pyridine rings is 1. The Labute approximate surface area is 163 Å². The molecule has 134 valence electrons. The van der Waals surface area contributed by atoms with E-state index < -0.39 is 0 Å². The Bertz CT molecular complexity index is 1040. The molecule has 0 saturated heterocycles. The van der Waals surface area contributed by atoms with Gasteiger partial charge in [0.25, 0.3) is 0 Å². The zero-order chi connectivity index (χ0) is 18.1. The zero-order valence-corrected chi connectivity index (χ0v) is 16.9. The van der Waals surface area contributed by atoms with Crippen molar-refractivity contribution >= 4 is 50.3 Å². The predicted molar refractivity (Wildman–Crippen MR) is 111 cm³/mol. The molecule has 0 fully saturated rings. The molecule has 4 rings (SSSR count). The number of aromatic nitrogens is 3. The SMILES string of the molecule is CCCCSc1sc2nc(-c3nccs3)cc(-c3ocnc3C)c2c1N. The molecule has 0 unspecified atom stereocenters. The Morgan fingerprint density at radius 3 is 2.88 bits per heavy atom. The van der Waals surface area contributed by atoms with E-state index in [0.717, 1.165) is 53.6 Å². The molecule has 0 saturated carbocycles. The minimum atomic E-state index is 0.741. The molecule has 8 heteroatoms. The van der Waals surface area contributed by atoms with Crippen molar-refractivity contribution in [3.63, 3.8) is 0 Å². The lowest BCUT2D eigenvalue weighted by molar-refractivity contribution is 0.572. The number of aryl methyl sites for hydroxylation is 1. The van der Waals surface area contributed by atoms with Crippen LogP contribution in [0.25, 0.3) is 32.2 Å². The van der Waals surface area contributed by atoms with E-state index in [-0.39, 0.29) is 0 Å². The van der Waals surface area contributed by atoms with Crippen LogP contribution in [0.15, 0.2) is 32.7 Å². The Balaban J connectivity index is 1.92. The van der Waals surface area contributed by atoms with Crippen molar-refractivity contribution in [1.29, 1.82) is 0 Å². The molecule has 0 aliphatic rings. The highest BCUT2D eigenvalue weighted by Gasteiger charge is 2.21. The van der Waals surface area contributed by atoms with Gasteiger partial charge < -0.3 is 10.2 Å². The summed E-state index contributed by atoms with van der Waals surface area (Å²) in [5.74, 6) is 1.80. The average molecular weight is 403 g/mol. The molecule has 4 heterocycles. The largest absolute Gasteiger partial charge is 0.443 e. The molecule has 0 spiro atoms. The van der Waals surface area contributed by atoms with Crippen LogP contribution in [0.2, 0.25) is 0 Å². The number of rotatable bonds is 6. The van der Waals surface area contributed by atoms with Crippen LogP contribution >= 0.6 is 34.4 Å². The van der Waals surface area contributed by atoms with Crippen LogP contribution in [-0.2, 0) is 0 Å². The summed E-state index contributed by atoms with van der Waals surface area (Å²) in [6, 6.07) is 2.01. The lowest BCUT2D eigenvalue weighted by Gasteiger charge is -2.05. The van der Waals surface area contributed by atoms with E-state index in [0.29, 0.717) is 0 Å². The molecule has 0 radical (unpaired) electrons. The highest BCUT2D eigenvalue weighted by atomic mass is 32.2. The second-order valence-electron chi connectivity index (χ2n) is 5.84. The number of hydrogen-bond acceptors (Lipinski definition) is 8. The zero-order valence-electron chi connectivity index (χ0n) is 14.5. The monoisotopic (exact) mass is 402 g/mol. The Hall–Kier alpha value is -1.90. The second-order valence-corrected chi connectivity index (χ2v) is 9.10. The van der Waals surface area contributed by atoms with Gasteiger partial charge in [0.15, 0.2) is 12.2 Å². The van der Waals surface area contributed by atoms with Crippen molar-refractivity contribution in [2.24, 2.45) is 0 Å². The smallest absolute Gasteiger partial charge is 0.181 e. The van der Waals surface area contributed by atoms with Crippen molar-refractivity contribution < 1.29 is 4.42 Å². The predicted octanol–water partition coefficient (Wildman–Crippen LogP) is 5.86. The highest BCUT2D eigenvalue weighted by molar-refractivity contribution is 8.01. The Kier molecular flexibility index (Phi) is 4.97. The van der Waals surface area contributed by atoms with Crippen molar-refractivity contribution in [2.75, 3.05) is 11.5 Å². The lowest BCUT2D eigenvalue weighted by Crippen LogP contribution is -1.91. The summed E-state index contributed by atoms with van der Waals surface area (Å²) in [4.78, 5) is 14.4. The summed E-state index contributed by atoms with van der Waals surface area (Å²) in [6.07, 6.45) is 5.61. The Morgan fingerprint density at radius 1 is 1.31 bits per heavy atom. The van der Waals surface area contributed by atoms with Gasteiger partial charge in [0.2, 0.25) is 0 Å². The van der Waals surface area contributed by atoms with E-state index >= 15 is 0 Å². The van der Waals surface area contributed by atoms with Gasteiger partial charge in [-0.15, -0.1) is 34.4 Å². The number of unbranched alkanes of at least 4 members (excludes halogenated alkanes) is 1. The van der Waals surface area contributed by atoms with Gasteiger partial charge in [-0.3, -0.25) is 0 Å². The normalized spacial score (nSPS) is 11.5. The molecule has 4 aromatic heterocycles. The number of anilines is 1. The third-order valence-electron chi connectivity index (χ3n) is 4.04. The van der Waals surface area contributed by atoms with Crippen LogP contribution in [0.5, 0.6) is 0 Å². The fraction of sp³-hybridized carbons (Fsp3) is 0.278. The van der Waals surface area contributed by atoms with Crippen molar-refractivity contribution in [3.05, 3.63) is 29.7 Å². The number of thioether (sulfide) groups is 1. The van der Waals surface area contributed by atoms with Gasteiger partial charge in [-0.25, -0.2) is 15.0 Å². The molecule has 0 atom stereocenters. The number of oxazole rings is 1. The molecule has 26 heavy (non-hydrogen) atoms. The molecule has 2 N–H and O–H groups in total. The summed E-state index contributed by atoms with van der Waals surface area (Å²) in [5.41, 5.74) is 9.92. The molecule has 0 aliphatic heterocycles. The van der Waals surface area contributed by atoms with E-state index in [1.807, 2.05) is 18.4 Å². The number of thiophene rings is 1. The maximum Gasteiger partial charge on any atom is 0.181 e. The van der Waals surface area contributed by atoms with Gasteiger partial charge >= 0.3 is 0 Å². The first kappa shape index (κ1) is 17.5. The molecule has 0 aromatic carbocycles. The molecule has 0 aliphatic carbocycles. The van der Waals surface area contributed by atoms with Crippen molar-refractivity contribution in [2.45, 2.75) is 30.9 Å². The van der Waals surface area contributed by atoms with Crippen LogP contribution < -0.4 is 5.73 Å². The third-order valence-corrected chi connectivity index (χ3v) is 7.31. The fourth-order valence-electron chi connectivity index (χ4n) is 2.72. The first-order valence-electron chi connectivity index (χ1n) is 8.35. The van der Waals surface area contributed by atoms with Crippen LogP contribution in [0.4, 0.5) is 5.69 Å². The molecule has 5 nitrogen and oxygen atoms in total. The topological polar surface area (TPSA) is 77.8 Å². The number of hydrogen-bond donors (Lipinski definition) is 1. The fourth-order valence-corrected chi connectivity index (χ4v) is 5.77. The summed E-state index contributed by atoms with van der Waals surface area (Å²) in [7, 11) is 0. The van der Waals surface area contributed by atoms with E-state index in [4.69, 9.17) is 15.1 Å². The second kappa shape index (κ2) is 7.38. The first-order chi connectivity index (χ1) is 12.7. The van der Waals surface area contributed by atoms with E-state index in [9.17, 15) is 0 Å². The first-order valence-corrected chi connectivity index (χ1v) is 11.0. The highest BCUT2D eigenvalue weighted by Crippen LogP contribution is 2.45. The van der Waals surface area contributed by atoms with E-state index in [1.165, 1.54) is 19.2 Å². The third kappa shape index (κ3) is 3.13. The minimum absolute atomic E-state index is 0.741. The van der Waals surface area contributed by atoms with Crippen LogP contribution in [0.3, 0.4) is 0 Å². The summed E-state index contributed by atoms with van der Waals surface area (Å²) in [5, 5.41) is 3.79. The van der Waals surface area contributed by atoms with Crippen molar-refractivity contribution in [3.8, 4) is 22.0 Å². The van der Waals surface area contributed by atoms with Crippen molar-refractivity contribution in [1.82, 2.24) is 15.0 Å². The minimum Gasteiger partial charge on any atom is -0.443 e. The van der Waals surface area contributed by atoms with E-state index in [1.54, 1.807) is 40.6 Å². The molecule has 0 bridgehead atoms. The average Bonchev–Trinajstić information content (AvgIpc) is 3.36. The molecule has 4 aromatic rings. The van der Waals surface area contributed by atoms with Gasteiger partial charge in [0.05, 0.1) is 15.6 Å². The maximum atomic E-state index is 6.52. The molecular weight excluding hydrogens is 384 g/mol. The molecular formula is C18H18N4OS3. The van der Waals surface area contributed by atoms with Gasteiger partial charge in [-0.2, -0.15) is 0 Å². The quantitative estimate of drug-likeness (QED) is 0.321. The van der Waals surface area contributed by atoms with Gasteiger partial charge in [0, 0.05) is 22.5 Å². The number of nitrogens with two attached hydrogens (primary N) is 1. The maximum absolute atomic E-state index is 6.52. The van der Waals surface area contributed by atoms with Crippen LogP contribution in [0, 0.1) is 6.92 Å². The van der Waals surface area contributed by atoms with Crippen LogP contribution in [0.1, 0.15) is 25.5 Å². The number of thiazole rings is 1. The summed E-state index contributed by atoms with van der Waals surface area (Å²) in [6.45, 7) is 4.13. The number of nitrogens with zero attached hydrogens (tertiary/aromatic N) is 3. The number of fused-ring (bicyclic) bond motifs is 1. The van der Waals surface area contributed by atoms with Crippen LogP contribution in [-0.4, -0.2) is 20.7 Å². The lowest BCUT2D eigenvalue weighted by atomic mass is 10.1. The van der Waals surface area contributed by atoms with Gasteiger partial charge in [-0.05, 0) is 25.2 Å². The Morgan fingerprint density at radius 2 is 2.19 bits per heavy atom. The standard InChI is InChI=1S/C18H18N4OS3/c1-3-4-6-25-18-14(19)13-11(15-10(2)21-9-23-15)8-12(22-17(13)26-18)16-20-5-7-24-16/h5,7-9H,3-4,6,19H2,1-2H3.